The molecule has 3 aromatic carbocycles. The maximum atomic E-state index is 13.6. The number of carbonyl (C=O) groups excluding carboxylic acids is 2. The Morgan fingerprint density at radius 2 is 1.43 bits per heavy atom. The van der Waals surface area contributed by atoms with Crippen molar-refractivity contribution in [3.8, 4) is 0 Å². The van der Waals surface area contributed by atoms with Gasteiger partial charge in [0.2, 0.25) is 5.91 Å². The number of carbonyl (C=O) groups is 2. The number of benzene rings is 3. The third kappa shape index (κ3) is 3.29. The molecule has 4 heteroatoms. The van der Waals surface area contributed by atoms with Crippen LogP contribution in [0.5, 0.6) is 0 Å². The zero-order valence-corrected chi connectivity index (χ0v) is 15.5. The molecule has 0 aliphatic carbocycles. The Hall–Kier alpha value is -3.40. The Balaban J connectivity index is 1.76. The van der Waals surface area contributed by atoms with Crippen LogP contribution in [0, 0.1) is 0 Å². The zero-order chi connectivity index (χ0) is 19.4. The van der Waals surface area contributed by atoms with Gasteiger partial charge in [0.1, 0.15) is 5.54 Å². The van der Waals surface area contributed by atoms with Gasteiger partial charge in [-0.25, -0.2) is 0 Å². The van der Waals surface area contributed by atoms with Crippen LogP contribution < -0.4 is 5.32 Å². The Morgan fingerprint density at radius 1 is 0.857 bits per heavy atom. The van der Waals surface area contributed by atoms with Gasteiger partial charge in [0.25, 0.3) is 5.91 Å². The summed E-state index contributed by atoms with van der Waals surface area (Å²) in [5, 5.41) is 3.03. The van der Waals surface area contributed by atoms with Gasteiger partial charge in [0.05, 0.1) is 0 Å². The Labute approximate surface area is 164 Å². The molecule has 4 rings (SSSR count). The fraction of sp³-hybridized carbons (Fsp3) is 0.167. The normalized spacial score (nSPS) is 18.9. The molecule has 1 aliphatic rings. The van der Waals surface area contributed by atoms with Crippen LogP contribution in [0.4, 0.5) is 5.69 Å². The van der Waals surface area contributed by atoms with Crippen molar-refractivity contribution in [1.29, 1.82) is 0 Å². The van der Waals surface area contributed by atoms with E-state index in [9.17, 15) is 9.59 Å². The first-order valence-corrected chi connectivity index (χ1v) is 9.46. The zero-order valence-electron chi connectivity index (χ0n) is 15.5. The van der Waals surface area contributed by atoms with E-state index in [2.05, 4.69) is 5.32 Å². The summed E-state index contributed by atoms with van der Waals surface area (Å²) >= 11 is 0. The standard InChI is InChI=1S/C24H22N2O2/c27-22-16-17-24(20-12-6-2-7-13-20,23(28)25-21-14-8-3-9-15-21)26(22)18-19-10-4-1-5-11-19/h1-15H,16-18H2,(H,25,28)/t24-/m0/s1. The average molecular weight is 370 g/mol. The number of amides is 2. The molecular formula is C24H22N2O2. The lowest BCUT2D eigenvalue weighted by Gasteiger charge is -2.38. The first kappa shape index (κ1) is 18.0. The Kier molecular flexibility index (Phi) is 4.94. The first-order chi connectivity index (χ1) is 13.7. The highest BCUT2D eigenvalue weighted by atomic mass is 16.2. The van der Waals surface area contributed by atoms with Gasteiger partial charge in [-0.15, -0.1) is 0 Å². The number of anilines is 1. The molecule has 0 unspecified atom stereocenters. The van der Waals surface area contributed by atoms with Gasteiger partial charge in [-0.3, -0.25) is 9.59 Å². The number of rotatable bonds is 5. The molecule has 1 fully saturated rings. The van der Waals surface area contributed by atoms with Crippen LogP contribution in [0.15, 0.2) is 91.0 Å². The number of para-hydroxylation sites is 1. The highest BCUT2D eigenvalue weighted by molar-refractivity contribution is 6.03. The SMILES string of the molecule is O=C1CC[C@@](C(=O)Nc2ccccc2)(c2ccccc2)N1Cc1ccccc1. The molecule has 0 aromatic heterocycles. The monoisotopic (exact) mass is 370 g/mol. The number of hydrogen-bond acceptors (Lipinski definition) is 2. The summed E-state index contributed by atoms with van der Waals surface area (Å²) < 4.78 is 0. The summed E-state index contributed by atoms with van der Waals surface area (Å²) in [5.41, 5.74) is 1.54. The smallest absolute Gasteiger partial charge is 0.255 e. The topological polar surface area (TPSA) is 49.4 Å². The van der Waals surface area contributed by atoms with Gasteiger partial charge >= 0.3 is 0 Å². The van der Waals surface area contributed by atoms with Crippen LogP contribution in [-0.4, -0.2) is 16.7 Å². The van der Waals surface area contributed by atoms with Crippen molar-refractivity contribution in [2.75, 3.05) is 5.32 Å². The molecular weight excluding hydrogens is 348 g/mol. The van der Waals surface area contributed by atoms with Crippen molar-refractivity contribution in [1.82, 2.24) is 4.90 Å². The van der Waals surface area contributed by atoms with Gasteiger partial charge in [-0.2, -0.15) is 0 Å². The molecule has 3 aromatic rings. The largest absolute Gasteiger partial charge is 0.324 e. The lowest BCUT2D eigenvalue weighted by atomic mass is 9.85. The van der Waals surface area contributed by atoms with Crippen LogP contribution in [0.2, 0.25) is 0 Å². The number of nitrogens with one attached hydrogen (secondary N) is 1. The van der Waals surface area contributed by atoms with E-state index in [0.29, 0.717) is 19.4 Å². The fourth-order valence-electron chi connectivity index (χ4n) is 3.90. The van der Waals surface area contributed by atoms with Crippen molar-refractivity contribution >= 4 is 17.5 Å². The van der Waals surface area contributed by atoms with Crippen LogP contribution in [0.1, 0.15) is 24.0 Å². The average Bonchev–Trinajstić information content (AvgIpc) is 3.07. The lowest BCUT2D eigenvalue weighted by molar-refractivity contribution is -0.140. The lowest BCUT2D eigenvalue weighted by Crippen LogP contribution is -2.51. The second-order valence-electron chi connectivity index (χ2n) is 7.01. The third-order valence-corrected chi connectivity index (χ3v) is 5.30. The summed E-state index contributed by atoms with van der Waals surface area (Å²) in [4.78, 5) is 28.2. The number of hydrogen-bond donors (Lipinski definition) is 1. The molecule has 1 heterocycles. The maximum absolute atomic E-state index is 13.6. The van der Waals surface area contributed by atoms with Crippen LogP contribution in [-0.2, 0) is 21.7 Å². The van der Waals surface area contributed by atoms with E-state index in [-0.39, 0.29) is 11.8 Å². The van der Waals surface area contributed by atoms with E-state index >= 15 is 0 Å². The highest BCUT2D eigenvalue weighted by Gasteiger charge is 2.52. The van der Waals surface area contributed by atoms with E-state index < -0.39 is 5.54 Å². The predicted molar refractivity (Wildman–Crippen MR) is 109 cm³/mol. The summed E-state index contributed by atoms with van der Waals surface area (Å²) in [6.45, 7) is 0.400. The second kappa shape index (κ2) is 7.69. The minimum atomic E-state index is -1.02. The molecule has 0 spiro atoms. The van der Waals surface area contributed by atoms with Crippen LogP contribution in [0.25, 0.3) is 0 Å². The van der Waals surface area contributed by atoms with Crippen molar-refractivity contribution in [3.63, 3.8) is 0 Å². The van der Waals surface area contributed by atoms with Crippen molar-refractivity contribution in [3.05, 3.63) is 102 Å². The molecule has 2 amide bonds. The van der Waals surface area contributed by atoms with Crippen molar-refractivity contribution < 1.29 is 9.59 Å². The van der Waals surface area contributed by atoms with Crippen molar-refractivity contribution in [2.45, 2.75) is 24.9 Å². The van der Waals surface area contributed by atoms with E-state index in [1.165, 1.54) is 0 Å². The molecule has 28 heavy (non-hydrogen) atoms. The molecule has 140 valence electrons. The van der Waals surface area contributed by atoms with Gasteiger partial charge in [-0.05, 0) is 29.7 Å². The van der Waals surface area contributed by atoms with E-state index in [0.717, 1.165) is 16.8 Å². The Morgan fingerprint density at radius 3 is 2.07 bits per heavy atom. The minimum absolute atomic E-state index is 0.00378. The van der Waals surface area contributed by atoms with E-state index in [4.69, 9.17) is 0 Å². The molecule has 0 bridgehead atoms. The Bertz CT molecular complexity index is 958. The number of likely N-dealkylation sites (tertiary alicyclic amines) is 1. The van der Waals surface area contributed by atoms with E-state index in [1.807, 2.05) is 91.0 Å². The molecule has 1 N–H and O–H groups in total. The quantitative estimate of drug-likeness (QED) is 0.726. The van der Waals surface area contributed by atoms with Crippen LogP contribution in [0.3, 0.4) is 0 Å². The molecule has 1 aliphatic heterocycles. The van der Waals surface area contributed by atoms with E-state index in [1.54, 1.807) is 4.90 Å². The molecule has 0 radical (unpaired) electrons. The molecule has 1 saturated heterocycles. The molecule has 1 atom stereocenters. The van der Waals surface area contributed by atoms with Gasteiger partial charge in [0, 0.05) is 18.7 Å². The second-order valence-corrected chi connectivity index (χ2v) is 7.01. The molecule has 4 nitrogen and oxygen atoms in total. The minimum Gasteiger partial charge on any atom is -0.324 e. The van der Waals surface area contributed by atoms with Gasteiger partial charge in [-0.1, -0.05) is 78.9 Å². The highest BCUT2D eigenvalue weighted by Crippen LogP contribution is 2.41. The summed E-state index contributed by atoms with van der Waals surface area (Å²) in [7, 11) is 0. The summed E-state index contributed by atoms with van der Waals surface area (Å²) in [6.07, 6.45) is 0.811. The predicted octanol–water partition coefficient (Wildman–Crippen LogP) is 4.34. The maximum Gasteiger partial charge on any atom is 0.255 e. The summed E-state index contributed by atoms with van der Waals surface area (Å²) in [5.74, 6) is -0.178. The van der Waals surface area contributed by atoms with Crippen LogP contribution >= 0.6 is 0 Å². The fourth-order valence-corrected chi connectivity index (χ4v) is 3.90. The van der Waals surface area contributed by atoms with Crippen molar-refractivity contribution in [2.24, 2.45) is 0 Å². The summed E-state index contributed by atoms with van der Waals surface area (Å²) in [6, 6.07) is 28.8. The first-order valence-electron chi connectivity index (χ1n) is 9.46. The number of nitrogens with zero attached hydrogens (tertiary/aromatic N) is 1. The van der Waals surface area contributed by atoms with Gasteiger partial charge < -0.3 is 10.2 Å². The van der Waals surface area contributed by atoms with Gasteiger partial charge in [0.15, 0.2) is 0 Å². The molecule has 0 saturated carbocycles. The third-order valence-electron chi connectivity index (χ3n) is 5.30.